The summed E-state index contributed by atoms with van der Waals surface area (Å²) in [6, 6.07) is 10.9. The fourth-order valence-corrected chi connectivity index (χ4v) is 2.31. The van der Waals surface area contributed by atoms with Crippen LogP contribution in [0.1, 0.15) is 25.5 Å². The molecule has 1 aliphatic heterocycles. The van der Waals surface area contributed by atoms with Crippen molar-refractivity contribution >= 4 is 0 Å². The van der Waals surface area contributed by atoms with E-state index in [9.17, 15) is 0 Å². The molecule has 3 heteroatoms. The zero-order valence-corrected chi connectivity index (χ0v) is 11.3. The monoisotopic (exact) mass is 249 g/mol. The molecule has 1 fully saturated rings. The normalized spacial score (nSPS) is 25.2. The first-order chi connectivity index (χ1) is 8.81. The highest BCUT2D eigenvalue weighted by atomic mass is 16.5. The van der Waals surface area contributed by atoms with E-state index in [1.165, 1.54) is 5.56 Å². The van der Waals surface area contributed by atoms with Gasteiger partial charge in [-0.05, 0) is 19.4 Å². The van der Waals surface area contributed by atoms with Gasteiger partial charge in [0.1, 0.15) is 0 Å². The number of ether oxygens (including phenoxy) is 2. The molecular weight excluding hydrogens is 226 g/mol. The highest BCUT2D eigenvalue weighted by Crippen LogP contribution is 2.24. The van der Waals surface area contributed by atoms with Crippen molar-refractivity contribution in [1.82, 2.24) is 4.90 Å². The molecule has 0 saturated carbocycles. The number of hydrogen-bond acceptors (Lipinski definition) is 3. The molecule has 18 heavy (non-hydrogen) atoms. The van der Waals surface area contributed by atoms with Gasteiger partial charge in [0.15, 0.2) is 0 Å². The van der Waals surface area contributed by atoms with E-state index < -0.39 is 0 Å². The molecule has 0 aromatic heterocycles. The molecule has 0 spiro atoms. The van der Waals surface area contributed by atoms with Crippen LogP contribution in [0.2, 0.25) is 0 Å². The number of benzene rings is 1. The minimum absolute atomic E-state index is 0.198. The number of morpholine rings is 1. The van der Waals surface area contributed by atoms with Gasteiger partial charge in [0.25, 0.3) is 0 Å². The lowest BCUT2D eigenvalue weighted by Crippen LogP contribution is -2.46. The summed E-state index contributed by atoms with van der Waals surface area (Å²) in [5.41, 5.74) is 1.27. The zero-order chi connectivity index (χ0) is 12.8. The van der Waals surface area contributed by atoms with Crippen molar-refractivity contribution < 1.29 is 9.47 Å². The predicted octanol–water partition coefficient (Wildman–Crippen LogP) is 2.48. The SMILES string of the molecule is CCOCCN1C[C@H](c2ccccc2)OC[C@@H]1C. The maximum absolute atomic E-state index is 5.93. The Kier molecular flexibility index (Phi) is 5.17. The maximum Gasteiger partial charge on any atom is 0.0952 e. The summed E-state index contributed by atoms with van der Waals surface area (Å²) in [5.74, 6) is 0. The van der Waals surface area contributed by atoms with Crippen molar-refractivity contribution in [3.63, 3.8) is 0 Å². The fourth-order valence-electron chi connectivity index (χ4n) is 2.31. The van der Waals surface area contributed by atoms with Crippen LogP contribution in [0.15, 0.2) is 30.3 Å². The van der Waals surface area contributed by atoms with E-state index in [0.717, 1.165) is 32.9 Å². The van der Waals surface area contributed by atoms with Crippen LogP contribution in [-0.4, -0.2) is 43.9 Å². The van der Waals surface area contributed by atoms with Crippen molar-refractivity contribution in [3.05, 3.63) is 35.9 Å². The molecule has 1 saturated heterocycles. The molecule has 2 atom stereocenters. The van der Waals surface area contributed by atoms with Crippen molar-refractivity contribution in [2.45, 2.75) is 26.0 Å². The molecule has 1 heterocycles. The van der Waals surface area contributed by atoms with E-state index in [-0.39, 0.29) is 6.10 Å². The summed E-state index contributed by atoms with van der Waals surface area (Å²) in [7, 11) is 0. The lowest BCUT2D eigenvalue weighted by Gasteiger charge is -2.38. The summed E-state index contributed by atoms with van der Waals surface area (Å²) >= 11 is 0. The average molecular weight is 249 g/mol. The predicted molar refractivity (Wildman–Crippen MR) is 72.7 cm³/mol. The lowest BCUT2D eigenvalue weighted by molar-refractivity contribution is -0.0664. The second kappa shape index (κ2) is 6.88. The van der Waals surface area contributed by atoms with Gasteiger partial charge in [-0.1, -0.05) is 30.3 Å². The van der Waals surface area contributed by atoms with Crippen LogP contribution in [0.4, 0.5) is 0 Å². The fraction of sp³-hybridized carbons (Fsp3) is 0.600. The Morgan fingerprint density at radius 1 is 1.33 bits per heavy atom. The highest BCUT2D eigenvalue weighted by Gasteiger charge is 2.26. The van der Waals surface area contributed by atoms with Gasteiger partial charge in [0.2, 0.25) is 0 Å². The van der Waals surface area contributed by atoms with Crippen LogP contribution < -0.4 is 0 Å². The molecule has 3 nitrogen and oxygen atoms in total. The number of nitrogens with zero attached hydrogens (tertiary/aromatic N) is 1. The molecule has 0 bridgehead atoms. The molecule has 0 N–H and O–H groups in total. The third-order valence-electron chi connectivity index (χ3n) is 3.46. The summed E-state index contributed by atoms with van der Waals surface area (Å²) in [5, 5.41) is 0. The van der Waals surface area contributed by atoms with Gasteiger partial charge in [0.05, 0.1) is 19.3 Å². The van der Waals surface area contributed by atoms with E-state index in [4.69, 9.17) is 9.47 Å². The highest BCUT2D eigenvalue weighted by molar-refractivity contribution is 5.18. The smallest absolute Gasteiger partial charge is 0.0952 e. The molecule has 2 rings (SSSR count). The first-order valence-corrected chi connectivity index (χ1v) is 6.79. The second-order valence-electron chi connectivity index (χ2n) is 4.77. The quantitative estimate of drug-likeness (QED) is 0.748. The van der Waals surface area contributed by atoms with Crippen LogP contribution in [0, 0.1) is 0 Å². The molecule has 1 aromatic rings. The maximum atomic E-state index is 5.93. The molecule has 0 amide bonds. The Bertz CT molecular complexity index is 342. The van der Waals surface area contributed by atoms with Crippen LogP contribution in [-0.2, 0) is 9.47 Å². The van der Waals surface area contributed by atoms with Crippen molar-refractivity contribution in [3.8, 4) is 0 Å². The third kappa shape index (κ3) is 3.55. The molecule has 0 radical (unpaired) electrons. The van der Waals surface area contributed by atoms with Crippen molar-refractivity contribution in [2.75, 3.05) is 32.9 Å². The van der Waals surface area contributed by atoms with Gasteiger partial charge in [-0.2, -0.15) is 0 Å². The molecule has 0 unspecified atom stereocenters. The standard InChI is InChI=1S/C15H23NO2/c1-3-17-10-9-16-11-15(18-12-13(16)2)14-7-5-4-6-8-14/h4-8,13,15H,3,9-12H2,1-2H3/t13-,15+/m0/s1. The minimum atomic E-state index is 0.198. The first-order valence-electron chi connectivity index (χ1n) is 6.79. The largest absolute Gasteiger partial charge is 0.380 e. The molecule has 1 aliphatic rings. The topological polar surface area (TPSA) is 21.7 Å². The molecule has 100 valence electrons. The van der Waals surface area contributed by atoms with Gasteiger partial charge in [0, 0.05) is 25.7 Å². The van der Waals surface area contributed by atoms with Gasteiger partial charge in [-0.15, -0.1) is 0 Å². The first kappa shape index (κ1) is 13.5. The second-order valence-corrected chi connectivity index (χ2v) is 4.77. The number of rotatable bonds is 5. The Labute approximate surface area is 110 Å². The zero-order valence-electron chi connectivity index (χ0n) is 11.3. The Morgan fingerprint density at radius 2 is 2.11 bits per heavy atom. The van der Waals surface area contributed by atoms with E-state index in [1.54, 1.807) is 0 Å². The van der Waals surface area contributed by atoms with Crippen molar-refractivity contribution in [1.29, 1.82) is 0 Å². The van der Waals surface area contributed by atoms with Crippen LogP contribution in [0.25, 0.3) is 0 Å². The van der Waals surface area contributed by atoms with Gasteiger partial charge < -0.3 is 9.47 Å². The van der Waals surface area contributed by atoms with E-state index in [1.807, 2.05) is 13.0 Å². The van der Waals surface area contributed by atoms with Gasteiger partial charge in [-0.3, -0.25) is 4.90 Å². The van der Waals surface area contributed by atoms with E-state index in [0.29, 0.717) is 6.04 Å². The number of hydrogen-bond donors (Lipinski definition) is 0. The summed E-state index contributed by atoms with van der Waals surface area (Å²) in [6.45, 7) is 8.59. The summed E-state index contributed by atoms with van der Waals surface area (Å²) in [4.78, 5) is 2.46. The minimum Gasteiger partial charge on any atom is -0.380 e. The van der Waals surface area contributed by atoms with Crippen LogP contribution in [0.5, 0.6) is 0 Å². The Morgan fingerprint density at radius 3 is 2.83 bits per heavy atom. The molecule has 0 aliphatic carbocycles. The Balaban J connectivity index is 1.91. The van der Waals surface area contributed by atoms with E-state index in [2.05, 4.69) is 36.1 Å². The average Bonchev–Trinajstić information content (AvgIpc) is 2.42. The molecular formula is C15H23NO2. The Hall–Kier alpha value is -0.900. The summed E-state index contributed by atoms with van der Waals surface area (Å²) < 4.78 is 11.4. The molecule has 1 aromatic carbocycles. The van der Waals surface area contributed by atoms with Crippen LogP contribution in [0.3, 0.4) is 0 Å². The third-order valence-corrected chi connectivity index (χ3v) is 3.46. The summed E-state index contributed by atoms with van der Waals surface area (Å²) in [6.07, 6.45) is 0.198. The van der Waals surface area contributed by atoms with Crippen LogP contribution >= 0.6 is 0 Å². The van der Waals surface area contributed by atoms with Crippen molar-refractivity contribution in [2.24, 2.45) is 0 Å². The van der Waals surface area contributed by atoms with Gasteiger partial charge >= 0.3 is 0 Å². The van der Waals surface area contributed by atoms with E-state index >= 15 is 0 Å². The van der Waals surface area contributed by atoms with Gasteiger partial charge in [-0.25, -0.2) is 0 Å². The lowest BCUT2D eigenvalue weighted by atomic mass is 10.1.